The van der Waals surface area contributed by atoms with Crippen LogP contribution in [0.5, 0.6) is 0 Å². The van der Waals surface area contributed by atoms with Crippen LogP contribution in [0.3, 0.4) is 0 Å². The summed E-state index contributed by atoms with van der Waals surface area (Å²) in [5.74, 6) is 0. The number of rotatable bonds is 4. The van der Waals surface area contributed by atoms with Crippen LogP contribution in [0.4, 0.5) is 0 Å². The molecule has 0 spiro atoms. The Bertz CT molecular complexity index is 563. The summed E-state index contributed by atoms with van der Waals surface area (Å²) in [6.07, 6.45) is 3.98. The van der Waals surface area contributed by atoms with Crippen molar-refractivity contribution in [3.05, 3.63) is 29.3 Å². The molecule has 0 heterocycles. The first-order chi connectivity index (χ1) is 8.88. The third-order valence-electron chi connectivity index (χ3n) is 3.96. The van der Waals surface area contributed by atoms with E-state index in [-0.39, 0.29) is 5.54 Å². The van der Waals surface area contributed by atoms with E-state index in [2.05, 4.69) is 20.7 Å². The largest absolute Gasteiger partial charge is 0.241 e. The highest BCUT2D eigenvalue weighted by molar-refractivity contribution is 9.09. The minimum atomic E-state index is -3.43. The summed E-state index contributed by atoms with van der Waals surface area (Å²) in [5, 5.41) is 0.671. The molecule has 1 aliphatic carbocycles. The number of aryl methyl sites for hydroxylation is 2. The van der Waals surface area contributed by atoms with Crippen molar-refractivity contribution in [2.45, 2.75) is 50.0 Å². The Hall–Kier alpha value is -0.390. The molecule has 1 aromatic rings. The minimum Gasteiger partial charge on any atom is -0.207 e. The van der Waals surface area contributed by atoms with Crippen molar-refractivity contribution < 1.29 is 8.42 Å². The lowest BCUT2D eigenvalue weighted by Gasteiger charge is -2.27. The zero-order chi connectivity index (χ0) is 14.1. The summed E-state index contributed by atoms with van der Waals surface area (Å²) in [4.78, 5) is 0.364. The smallest absolute Gasteiger partial charge is 0.207 e. The van der Waals surface area contributed by atoms with E-state index in [1.54, 1.807) is 12.1 Å². The normalized spacial score (nSPS) is 18.7. The van der Waals surface area contributed by atoms with Crippen molar-refractivity contribution >= 4 is 26.0 Å². The SMILES string of the molecule is Cc1ccc(S(=O)(=O)NC2(CBr)CCCC2)cc1C. The molecule has 5 heteroatoms. The van der Waals surface area contributed by atoms with Crippen LogP contribution in [0.1, 0.15) is 36.8 Å². The second-order valence-electron chi connectivity index (χ2n) is 5.47. The van der Waals surface area contributed by atoms with Gasteiger partial charge >= 0.3 is 0 Å². The highest BCUT2D eigenvalue weighted by atomic mass is 79.9. The Morgan fingerprint density at radius 1 is 1.21 bits per heavy atom. The molecule has 1 aliphatic rings. The third kappa shape index (κ3) is 3.20. The molecule has 0 aliphatic heterocycles. The lowest BCUT2D eigenvalue weighted by atomic mass is 10.0. The van der Waals surface area contributed by atoms with Gasteiger partial charge < -0.3 is 0 Å². The number of nitrogens with one attached hydrogen (secondary N) is 1. The van der Waals surface area contributed by atoms with Crippen molar-refractivity contribution in [2.24, 2.45) is 0 Å². The Kier molecular flexibility index (Phi) is 4.38. The van der Waals surface area contributed by atoms with E-state index in [1.807, 2.05) is 19.9 Å². The van der Waals surface area contributed by atoms with E-state index in [4.69, 9.17) is 0 Å². The molecular weight excluding hydrogens is 326 g/mol. The highest BCUT2D eigenvalue weighted by Gasteiger charge is 2.37. The molecule has 1 saturated carbocycles. The van der Waals surface area contributed by atoms with Crippen LogP contribution in [-0.4, -0.2) is 19.3 Å². The molecule has 106 valence electrons. The molecule has 1 N–H and O–H groups in total. The fraction of sp³-hybridized carbons (Fsp3) is 0.571. The van der Waals surface area contributed by atoms with Gasteiger partial charge in [-0.05, 0) is 49.9 Å². The first-order valence-electron chi connectivity index (χ1n) is 6.56. The van der Waals surface area contributed by atoms with Crippen LogP contribution in [-0.2, 0) is 10.0 Å². The van der Waals surface area contributed by atoms with Gasteiger partial charge in [-0.15, -0.1) is 0 Å². The lowest BCUT2D eigenvalue weighted by molar-refractivity contribution is 0.438. The summed E-state index contributed by atoms with van der Waals surface area (Å²) >= 11 is 3.46. The number of benzene rings is 1. The number of sulfonamides is 1. The van der Waals surface area contributed by atoms with Crippen LogP contribution < -0.4 is 4.72 Å². The maximum absolute atomic E-state index is 12.5. The third-order valence-corrected chi connectivity index (χ3v) is 6.61. The number of hydrogen-bond donors (Lipinski definition) is 1. The fourth-order valence-corrected chi connectivity index (χ4v) is 4.97. The van der Waals surface area contributed by atoms with Crippen molar-refractivity contribution in [3.8, 4) is 0 Å². The van der Waals surface area contributed by atoms with E-state index in [9.17, 15) is 8.42 Å². The second kappa shape index (κ2) is 5.54. The Labute approximate surface area is 124 Å². The van der Waals surface area contributed by atoms with Gasteiger partial charge in [-0.2, -0.15) is 0 Å². The van der Waals surface area contributed by atoms with Gasteiger partial charge in [0.05, 0.1) is 4.90 Å². The number of halogens is 1. The molecule has 0 saturated heterocycles. The van der Waals surface area contributed by atoms with Gasteiger partial charge in [0.15, 0.2) is 0 Å². The molecule has 1 aromatic carbocycles. The molecule has 3 nitrogen and oxygen atoms in total. The maximum atomic E-state index is 12.5. The monoisotopic (exact) mass is 345 g/mol. The number of hydrogen-bond acceptors (Lipinski definition) is 2. The lowest BCUT2D eigenvalue weighted by Crippen LogP contribution is -2.47. The predicted octanol–water partition coefficient (Wildman–Crippen LogP) is 3.29. The predicted molar refractivity (Wildman–Crippen MR) is 81.2 cm³/mol. The molecule has 0 amide bonds. The Morgan fingerprint density at radius 3 is 2.37 bits per heavy atom. The summed E-state index contributed by atoms with van der Waals surface area (Å²) in [5.41, 5.74) is 1.80. The summed E-state index contributed by atoms with van der Waals surface area (Å²) in [6.45, 7) is 3.92. The van der Waals surface area contributed by atoms with E-state index < -0.39 is 10.0 Å². The molecular formula is C14H20BrNO2S. The fourth-order valence-electron chi connectivity index (χ4n) is 2.54. The average molecular weight is 346 g/mol. The Morgan fingerprint density at radius 2 is 1.84 bits per heavy atom. The summed E-state index contributed by atoms with van der Waals surface area (Å²) in [7, 11) is -3.43. The molecule has 1 fully saturated rings. The minimum absolute atomic E-state index is 0.308. The quantitative estimate of drug-likeness (QED) is 0.851. The first-order valence-corrected chi connectivity index (χ1v) is 9.16. The second-order valence-corrected chi connectivity index (χ2v) is 7.72. The molecule has 0 unspecified atom stereocenters. The van der Waals surface area contributed by atoms with Gasteiger partial charge in [0.2, 0.25) is 10.0 Å². The zero-order valence-corrected chi connectivity index (χ0v) is 13.8. The van der Waals surface area contributed by atoms with Gasteiger partial charge in [0, 0.05) is 10.9 Å². The average Bonchev–Trinajstić information content (AvgIpc) is 2.81. The van der Waals surface area contributed by atoms with Gasteiger partial charge in [-0.1, -0.05) is 34.8 Å². The van der Waals surface area contributed by atoms with Crippen molar-refractivity contribution in [1.29, 1.82) is 0 Å². The molecule has 2 rings (SSSR count). The molecule has 0 bridgehead atoms. The van der Waals surface area contributed by atoms with Crippen LogP contribution in [0.2, 0.25) is 0 Å². The zero-order valence-electron chi connectivity index (χ0n) is 11.4. The standard InChI is InChI=1S/C14H20BrNO2S/c1-11-5-6-13(9-12(11)2)19(17,18)16-14(10-15)7-3-4-8-14/h5-6,9,16H,3-4,7-8,10H2,1-2H3. The summed E-state index contributed by atoms with van der Waals surface area (Å²) < 4.78 is 27.9. The van der Waals surface area contributed by atoms with Crippen LogP contribution in [0.15, 0.2) is 23.1 Å². The molecule has 19 heavy (non-hydrogen) atoms. The van der Waals surface area contributed by atoms with Crippen molar-refractivity contribution in [3.63, 3.8) is 0 Å². The van der Waals surface area contributed by atoms with Gasteiger partial charge in [-0.25, -0.2) is 13.1 Å². The topological polar surface area (TPSA) is 46.2 Å². The van der Waals surface area contributed by atoms with E-state index in [0.29, 0.717) is 10.2 Å². The van der Waals surface area contributed by atoms with E-state index >= 15 is 0 Å². The van der Waals surface area contributed by atoms with Crippen LogP contribution >= 0.6 is 15.9 Å². The molecule has 0 atom stereocenters. The first kappa shape index (κ1) is 15.0. The van der Waals surface area contributed by atoms with Crippen LogP contribution in [0, 0.1) is 13.8 Å². The Balaban J connectivity index is 2.29. The summed E-state index contributed by atoms with van der Waals surface area (Å²) in [6, 6.07) is 5.29. The van der Waals surface area contributed by atoms with Crippen molar-refractivity contribution in [2.75, 3.05) is 5.33 Å². The van der Waals surface area contributed by atoms with Crippen molar-refractivity contribution in [1.82, 2.24) is 4.72 Å². The highest BCUT2D eigenvalue weighted by Crippen LogP contribution is 2.33. The van der Waals surface area contributed by atoms with Gasteiger partial charge in [0.25, 0.3) is 0 Å². The van der Waals surface area contributed by atoms with E-state index in [1.165, 1.54) is 0 Å². The van der Waals surface area contributed by atoms with E-state index in [0.717, 1.165) is 36.8 Å². The van der Waals surface area contributed by atoms with Gasteiger partial charge in [-0.3, -0.25) is 0 Å². The van der Waals surface area contributed by atoms with Crippen LogP contribution in [0.25, 0.3) is 0 Å². The molecule has 0 radical (unpaired) electrons. The number of alkyl halides is 1. The van der Waals surface area contributed by atoms with Gasteiger partial charge in [0.1, 0.15) is 0 Å². The maximum Gasteiger partial charge on any atom is 0.241 e. The molecule has 0 aromatic heterocycles.